The molecule has 162 valence electrons. The van der Waals surface area contributed by atoms with Crippen LogP contribution in [0.5, 0.6) is 11.5 Å². The summed E-state index contributed by atoms with van der Waals surface area (Å²) < 4.78 is 10.7. The molecule has 0 aliphatic carbocycles. The van der Waals surface area contributed by atoms with Crippen LogP contribution in [0.2, 0.25) is 0 Å². The van der Waals surface area contributed by atoms with Gasteiger partial charge in [-0.2, -0.15) is 0 Å². The van der Waals surface area contributed by atoms with E-state index >= 15 is 0 Å². The van der Waals surface area contributed by atoms with Crippen LogP contribution in [0.4, 0.5) is 5.69 Å². The summed E-state index contributed by atoms with van der Waals surface area (Å²) in [6, 6.07) is 13.9. The average molecular weight is 432 g/mol. The highest BCUT2D eigenvalue weighted by Crippen LogP contribution is 2.32. The summed E-state index contributed by atoms with van der Waals surface area (Å²) in [5, 5.41) is 13.5. The number of ether oxygens (including phenoxy) is 2. The minimum atomic E-state index is -0.172. The van der Waals surface area contributed by atoms with Gasteiger partial charge in [-0.3, -0.25) is 10.7 Å². The molecule has 2 aromatic rings. The van der Waals surface area contributed by atoms with Crippen molar-refractivity contribution in [2.24, 2.45) is 10.7 Å². The molecule has 2 aromatic carbocycles. The lowest BCUT2D eigenvalue weighted by Crippen LogP contribution is -2.43. The van der Waals surface area contributed by atoms with Crippen LogP contribution in [0.1, 0.15) is 43.7 Å². The third-order valence-corrected chi connectivity index (χ3v) is 4.65. The standard InChI is InChI=1S/C22H29N5O2.ClH/c1-2-3-4-5-6-16-7-10-18(11-8-16)26-22(27-21(23)24)25-14-17-9-12-19-20(13-17)29-15-28-19;/h7-13H,2-6,14-15H2,1H3,(H5,23,24,25,26,27);1H. The monoisotopic (exact) mass is 431 g/mol. The zero-order chi connectivity index (χ0) is 20.5. The number of nitrogens with two attached hydrogens (primary N) is 1. The Bertz CT molecular complexity index is 855. The molecule has 5 N–H and O–H groups in total. The number of unbranched alkanes of at least 4 members (excludes halogenated alkanes) is 3. The van der Waals surface area contributed by atoms with E-state index in [0.29, 0.717) is 12.5 Å². The molecule has 7 nitrogen and oxygen atoms in total. The first kappa shape index (κ1) is 23.3. The summed E-state index contributed by atoms with van der Waals surface area (Å²) in [6.45, 7) is 2.98. The smallest absolute Gasteiger partial charge is 0.231 e. The Morgan fingerprint density at radius 2 is 1.77 bits per heavy atom. The molecule has 1 aliphatic heterocycles. The van der Waals surface area contributed by atoms with Crippen LogP contribution in [0.15, 0.2) is 47.5 Å². The van der Waals surface area contributed by atoms with Gasteiger partial charge in [0.15, 0.2) is 17.5 Å². The van der Waals surface area contributed by atoms with Crippen LogP contribution in [0.3, 0.4) is 0 Å². The van der Waals surface area contributed by atoms with E-state index in [0.717, 1.165) is 29.2 Å². The second kappa shape index (κ2) is 11.9. The van der Waals surface area contributed by atoms with Crippen molar-refractivity contribution in [3.05, 3.63) is 53.6 Å². The maximum absolute atomic E-state index is 7.53. The number of hydrogen-bond donors (Lipinski definition) is 4. The normalized spacial score (nSPS) is 12.2. The fourth-order valence-corrected chi connectivity index (χ4v) is 3.10. The zero-order valence-electron chi connectivity index (χ0n) is 17.2. The van der Waals surface area contributed by atoms with Gasteiger partial charge in [0, 0.05) is 6.54 Å². The fraction of sp³-hybridized carbons (Fsp3) is 0.364. The largest absolute Gasteiger partial charge is 0.454 e. The summed E-state index contributed by atoms with van der Waals surface area (Å²) >= 11 is 0. The van der Waals surface area contributed by atoms with E-state index in [1.807, 2.05) is 30.3 Å². The first-order valence-corrected chi connectivity index (χ1v) is 10.0. The van der Waals surface area contributed by atoms with Crippen molar-refractivity contribution in [3.8, 4) is 11.5 Å². The fourth-order valence-electron chi connectivity index (χ4n) is 3.10. The van der Waals surface area contributed by atoms with Crippen LogP contribution < -0.4 is 25.8 Å². The highest BCUT2D eigenvalue weighted by Gasteiger charge is 2.13. The highest BCUT2D eigenvalue weighted by molar-refractivity contribution is 5.97. The maximum atomic E-state index is 7.53. The van der Waals surface area contributed by atoms with Crippen molar-refractivity contribution in [2.45, 2.75) is 45.6 Å². The van der Waals surface area contributed by atoms with Crippen molar-refractivity contribution in [1.29, 1.82) is 5.41 Å². The summed E-state index contributed by atoms with van der Waals surface area (Å²) in [6.07, 6.45) is 6.11. The first-order chi connectivity index (χ1) is 14.1. The van der Waals surface area contributed by atoms with E-state index < -0.39 is 0 Å². The minimum absolute atomic E-state index is 0. The van der Waals surface area contributed by atoms with Gasteiger partial charge in [0.2, 0.25) is 12.8 Å². The molecule has 0 bridgehead atoms. The van der Waals surface area contributed by atoms with Gasteiger partial charge in [0.25, 0.3) is 0 Å². The molecule has 0 radical (unpaired) electrons. The average Bonchev–Trinajstić information content (AvgIpc) is 3.18. The number of nitrogens with one attached hydrogen (secondary N) is 3. The van der Waals surface area contributed by atoms with Crippen molar-refractivity contribution >= 4 is 30.0 Å². The van der Waals surface area contributed by atoms with Gasteiger partial charge in [0.05, 0.1) is 5.69 Å². The van der Waals surface area contributed by atoms with Gasteiger partial charge in [-0.15, -0.1) is 12.4 Å². The maximum Gasteiger partial charge on any atom is 0.231 e. The molecule has 0 fully saturated rings. The van der Waals surface area contributed by atoms with Gasteiger partial charge < -0.3 is 20.5 Å². The molecule has 0 atom stereocenters. The van der Waals surface area contributed by atoms with Gasteiger partial charge in [0.1, 0.15) is 0 Å². The van der Waals surface area contributed by atoms with E-state index in [1.165, 1.54) is 31.2 Å². The molecule has 0 spiro atoms. The van der Waals surface area contributed by atoms with E-state index in [1.54, 1.807) is 0 Å². The molecule has 1 aliphatic rings. The van der Waals surface area contributed by atoms with Gasteiger partial charge in [-0.05, 0) is 48.2 Å². The van der Waals surface area contributed by atoms with E-state index in [4.69, 9.17) is 20.6 Å². The number of halogens is 1. The number of aryl methyl sites for hydroxylation is 1. The SMILES string of the molecule is CCCCCCc1ccc(N=C(NCc2ccc3c(c2)OCO3)NC(=N)N)cc1.Cl. The molecular weight excluding hydrogens is 402 g/mol. The van der Waals surface area contributed by atoms with Gasteiger partial charge in [-0.1, -0.05) is 44.4 Å². The van der Waals surface area contributed by atoms with Crippen molar-refractivity contribution in [3.63, 3.8) is 0 Å². The van der Waals surface area contributed by atoms with Gasteiger partial charge in [-0.25, -0.2) is 4.99 Å². The molecule has 0 saturated carbocycles. The summed E-state index contributed by atoms with van der Waals surface area (Å²) in [5.74, 6) is 1.73. The molecular formula is C22H30ClN5O2. The van der Waals surface area contributed by atoms with Gasteiger partial charge >= 0.3 is 0 Å². The molecule has 0 amide bonds. The minimum Gasteiger partial charge on any atom is -0.454 e. The predicted molar refractivity (Wildman–Crippen MR) is 123 cm³/mol. The lowest BCUT2D eigenvalue weighted by molar-refractivity contribution is 0.174. The van der Waals surface area contributed by atoms with Crippen molar-refractivity contribution < 1.29 is 9.47 Å². The summed E-state index contributed by atoms with van der Waals surface area (Å²) in [5.41, 5.74) is 8.63. The van der Waals surface area contributed by atoms with Crippen LogP contribution in [-0.2, 0) is 13.0 Å². The quantitative estimate of drug-likeness (QED) is 0.284. The van der Waals surface area contributed by atoms with Crippen LogP contribution >= 0.6 is 12.4 Å². The highest BCUT2D eigenvalue weighted by atomic mass is 35.5. The number of hydrogen-bond acceptors (Lipinski definition) is 4. The van der Waals surface area contributed by atoms with Crippen LogP contribution in [0.25, 0.3) is 0 Å². The molecule has 8 heteroatoms. The Hall–Kier alpha value is -2.93. The van der Waals surface area contributed by atoms with Crippen molar-refractivity contribution in [1.82, 2.24) is 10.6 Å². The van der Waals surface area contributed by atoms with Crippen LogP contribution in [-0.4, -0.2) is 18.7 Å². The Balaban J connectivity index is 0.00000320. The first-order valence-electron chi connectivity index (χ1n) is 10.0. The Morgan fingerprint density at radius 3 is 2.50 bits per heavy atom. The number of aliphatic imine (C=N–C) groups is 1. The summed E-state index contributed by atoms with van der Waals surface area (Å²) in [4.78, 5) is 4.55. The predicted octanol–water partition coefficient (Wildman–Crippen LogP) is 4.22. The molecule has 0 saturated heterocycles. The third-order valence-electron chi connectivity index (χ3n) is 4.65. The topological polar surface area (TPSA) is 105 Å². The van der Waals surface area contributed by atoms with E-state index in [2.05, 4.69) is 34.7 Å². The lowest BCUT2D eigenvalue weighted by Gasteiger charge is -2.12. The number of rotatable bonds is 8. The number of fused-ring (bicyclic) bond motifs is 1. The van der Waals surface area contributed by atoms with Crippen molar-refractivity contribution in [2.75, 3.05) is 6.79 Å². The second-order valence-electron chi connectivity index (χ2n) is 7.02. The Labute approximate surface area is 184 Å². The number of benzene rings is 2. The van der Waals surface area contributed by atoms with E-state index in [-0.39, 0.29) is 25.2 Å². The molecule has 30 heavy (non-hydrogen) atoms. The van der Waals surface area contributed by atoms with Crippen LogP contribution in [0, 0.1) is 5.41 Å². The number of guanidine groups is 2. The Kier molecular flexibility index (Phi) is 9.28. The molecule has 1 heterocycles. The third kappa shape index (κ3) is 7.15. The summed E-state index contributed by atoms with van der Waals surface area (Å²) in [7, 11) is 0. The zero-order valence-corrected chi connectivity index (χ0v) is 18.1. The lowest BCUT2D eigenvalue weighted by atomic mass is 10.1. The molecule has 0 unspecified atom stereocenters. The van der Waals surface area contributed by atoms with E-state index in [9.17, 15) is 0 Å². The molecule has 0 aromatic heterocycles. The molecule has 3 rings (SSSR count). The number of nitrogens with zero attached hydrogens (tertiary/aromatic N) is 1. The second-order valence-corrected chi connectivity index (χ2v) is 7.02. The Morgan fingerprint density at radius 1 is 1.03 bits per heavy atom.